The molecule has 0 radical (unpaired) electrons. The normalized spacial score (nSPS) is 27.5. The van der Waals surface area contributed by atoms with Crippen molar-refractivity contribution in [1.82, 2.24) is 10.2 Å². The number of likely N-dealkylation sites (tertiary alicyclic amines) is 1. The molecule has 1 aromatic rings. The summed E-state index contributed by atoms with van der Waals surface area (Å²) in [5, 5.41) is 12.7. The van der Waals surface area contributed by atoms with E-state index in [0.29, 0.717) is 18.7 Å². The van der Waals surface area contributed by atoms with Crippen molar-refractivity contribution in [3.8, 4) is 0 Å². The smallest absolute Gasteiger partial charge is 0.253 e. The monoisotopic (exact) mass is 330 g/mol. The number of hydrogen-bond acceptors (Lipinski definition) is 3. The zero-order valence-corrected chi connectivity index (χ0v) is 14.0. The summed E-state index contributed by atoms with van der Waals surface area (Å²) in [6, 6.07) is 9.42. The lowest BCUT2D eigenvalue weighted by Crippen LogP contribution is -2.48. The lowest BCUT2D eigenvalue weighted by Gasteiger charge is -2.34. The average molecular weight is 330 g/mol. The fourth-order valence-electron chi connectivity index (χ4n) is 3.68. The first-order valence-corrected chi connectivity index (χ1v) is 8.96. The van der Waals surface area contributed by atoms with E-state index in [1.165, 1.54) is 0 Å². The van der Waals surface area contributed by atoms with E-state index in [0.717, 1.165) is 38.5 Å². The van der Waals surface area contributed by atoms with Crippen LogP contribution in [0.3, 0.4) is 0 Å². The SMILES string of the molecule is O=C(NC1CCC(O)CC1)[C@H]1CCCN(C(=O)c2ccccc2)C1. The predicted octanol–water partition coefficient (Wildman–Crippen LogP) is 1.96. The van der Waals surface area contributed by atoms with E-state index in [2.05, 4.69) is 5.32 Å². The molecule has 24 heavy (non-hydrogen) atoms. The van der Waals surface area contributed by atoms with Gasteiger partial charge in [-0.2, -0.15) is 0 Å². The Labute approximate surface area is 143 Å². The van der Waals surface area contributed by atoms with Gasteiger partial charge in [-0.05, 0) is 50.7 Å². The van der Waals surface area contributed by atoms with Gasteiger partial charge < -0.3 is 15.3 Å². The molecule has 2 aliphatic rings. The van der Waals surface area contributed by atoms with Crippen LogP contribution in [0.2, 0.25) is 0 Å². The van der Waals surface area contributed by atoms with Crippen molar-refractivity contribution in [2.45, 2.75) is 50.7 Å². The first-order valence-electron chi connectivity index (χ1n) is 8.96. The second-order valence-corrected chi connectivity index (χ2v) is 6.97. The Kier molecular flexibility index (Phi) is 5.51. The first kappa shape index (κ1) is 17.0. The highest BCUT2D eigenvalue weighted by molar-refractivity contribution is 5.94. The van der Waals surface area contributed by atoms with Crippen LogP contribution in [0.4, 0.5) is 0 Å². The predicted molar refractivity (Wildman–Crippen MR) is 91.5 cm³/mol. The maximum Gasteiger partial charge on any atom is 0.253 e. The highest BCUT2D eigenvalue weighted by Gasteiger charge is 2.30. The summed E-state index contributed by atoms with van der Waals surface area (Å²) in [5.41, 5.74) is 0.680. The molecule has 1 heterocycles. The molecule has 1 atom stereocenters. The van der Waals surface area contributed by atoms with E-state index in [1.807, 2.05) is 30.3 Å². The number of piperidine rings is 1. The summed E-state index contributed by atoms with van der Waals surface area (Å²) in [6.45, 7) is 1.21. The Hall–Kier alpha value is -1.88. The van der Waals surface area contributed by atoms with E-state index in [9.17, 15) is 14.7 Å². The Bertz CT molecular complexity index is 567. The van der Waals surface area contributed by atoms with Crippen molar-refractivity contribution in [2.24, 2.45) is 5.92 Å². The van der Waals surface area contributed by atoms with Crippen molar-refractivity contribution in [2.75, 3.05) is 13.1 Å². The Balaban J connectivity index is 1.55. The number of carbonyl (C=O) groups excluding carboxylic acids is 2. The average Bonchev–Trinajstić information content (AvgIpc) is 2.64. The van der Waals surface area contributed by atoms with Gasteiger partial charge in [0.05, 0.1) is 12.0 Å². The molecule has 2 fully saturated rings. The Morgan fingerprint density at radius 2 is 1.75 bits per heavy atom. The van der Waals surface area contributed by atoms with Gasteiger partial charge in [-0.3, -0.25) is 9.59 Å². The standard InChI is InChI=1S/C19H26N2O3/c22-17-10-8-16(9-11-17)20-18(23)15-7-4-12-21(13-15)19(24)14-5-2-1-3-6-14/h1-3,5-6,15-17,22H,4,7-13H2,(H,20,23)/t15-,16?,17?/m0/s1. The second kappa shape index (κ2) is 7.79. The van der Waals surface area contributed by atoms with Crippen molar-refractivity contribution < 1.29 is 14.7 Å². The first-order chi connectivity index (χ1) is 11.6. The summed E-state index contributed by atoms with van der Waals surface area (Å²) in [6.07, 6.45) is 4.67. The van der Waals surface area contributed by atoms with Gasteiger partial charge in [0, 0.05) is 24.7 Å². The summed E-state index contributed by atoms with van der Waals surface area (Å²) in [5.74, 6) is -0.0610. The van der Waals surface area contributed by atoms with Gasteiger partial charge in [-0.25, -0.2) is 0 Å². The maximum atomic E-state index is 12.6. The van der Waals surface area contributed by atoms with E-state index in [1.54, 1.807) is 4.90 Å². The number of benzene rings is 1. The number of hydrogen-bond donors (Lipinski definition) is 2. The van der Waals surface area contributed by atoms with Crippen LogP contribution in [0.1, 0.15) is 48.9 Å². The van der Waals surface area contributed by atoms with Gasteiger partial charge >= 0.3 is 0 Å². The second-order valence-electron chi connectivity index (χ2n) is 6.97. The molecule has 0 unspecified atom stereocenters. The van der Waals surface area contributed by atoms with E-state index >= 15 is 0 Å². The quantitative estimate of drug-likeness (QED) is 0.890. The van der Waals surface area contributed by atoms with Gasteiger partial charge in [-0.1, -0.05) is 18.2 Å². The summed E-state index contributed by atoms with van der Waals surface area (Å²) in [4.78, 5) is 26.9. The van der Waals surface area contributed by atoms with Crippen LogP contribution in [-0.4, -0.2) is 47.1 Å². The lowest BCUT2D eigenvalue weighted by atomic mass is 9.91. The van der Waals surface area contributed by atoms with Gasteiger partial charge in [-0.15, -0.1) is 0 Å². The third kappa shape index (κ3) is 4.15. The van der Waals surface area contributed by atoms with Crippen LogP contribution in [0.25, 0.3) is 0 Å². The summed E-state index contributed by atoms with van der Waals surface area (Å²) >= 11 is 0. The molecule has 1 aromatic carbocycles. The molecule has 3 rings (SSSR count). The highest BCUT2D eigenvalue weighted by Crippen LogP contribution is 2.22. The molecular formula is C19H26N2O3. The minimum atomic E-state index is -0.216. The molecule has 2 amide bonds. The van der Waals surface area contributed by atoms with Crippen LogP contribution in [0.15, 0.2) is 30.3 Å². The fraction of sp³-hybridized carbons (Fsp3) is 0.579. The number of nitrogens with one attached hydrogen (secondary N) is 1. The number of carbonyl (C=O) groups is 2. The minimum absolute atomic E-state index is 0.00823. The fourth-order valence-corrected chi connectivity index (χ4v) is 3.68. The minimum Gasteiger partial charge on any atom is -0.393 e. The maximum absolute atomic E-state index is 12.6. The molecule has 0 bridgehead atoms. The molecule has 5 nitrogen and oxygen atoms in total. The van der Waals surface area contributed by atoms with E-state index in [-0.39, 0.29) is 29.9 Å². The molecular weight excluding hydrogens is 304 g/mol. The van der Waals surface area contributed by atoms with E-state index < -0.39 is 0 Å². The molecule has 2 N–H and O–H groups in total. The van der Waals surface area contributed by atoms with Gasteiger partial charge in [0.2, 0.25) is 5.91 Å². The topological polar surface area (TPSA) is 69.6 Å². The third-order valence-electron chi connectivity index (χ3n) is 5.14. The molecule has 0 aromatic heterocycles. The molecule has 0 spiro atoms. The Morgan fingerprint density at radius 1 is 1.04 bits per heavy atom. The van der Waals surface area contributed by atoms with Crippen LogP contribution in [0.5, 0.6) is 0 Å². The molecule has 1 aliphatic carbocycles. The summed E-state index contributed by atoms with van der Waals surface area (Å²) < 4.78 is 0. The lowest BCUT2D eigenvalue weighted by molar-refractivity contribution is -0.127. The van der Waals surface area contributed by atoms with Crippen LogP contribution in [0, 0.1) is 5.92 Å². The Morgan fingerprint density at radius 3 is 2.46 bits per heavy atom. The largest absolute Gasteiger partial charge is 0.393 e. The van der Waals surface area contributed by atoms with Crippen molar-refractivity contribution in [3.63, 3.8) is 0 Å². The zero-order valence-electron chi connectivity index (χ0n) is 14.0. The molecule has 130 valence electrons. The van der Waals surface area contributed by atoms with Crippen molar-refractivity contribution in [3.05, 3.63) is 35.9 Å². The number of amides is 2. The van der Waals surface area contributed by atoms with Crippen LogP contribution >= 0.6 is 0 Å². The molecule has 1 saturated heterocycles. The van der Waals surface area contributed by atoms with Gasteiger partial charge in [0.25, 0.3) is 5.91 Å². The van der Waals surface area contributed by atoms with Crippen molar-refractivity contribution >= 4 is 11.8 Å². The number of nitrogens with zero attached hydrogens (tertiary/aromatic N) is 1. The van der Waals surface area contributed by atoms with E-state index in [4.69, 9.17) is 0 Å². The number of aliphatic hydroxyl groups is 1. The molecule has 1 aliphatic heterocycles. The van der Waals surface area contributed by atoms with Crippen molar-refractivity contribution in [1.29, 1.82) is 0 Å². The zero-order chi connectivity index (χ0) is 16.9. The molecule has 5 heteroatoms. The number of rotatable bonds is 3. The van der Waals surface area contributed by atoms with Crippen LogP contribution in [-0.2, 0) is 4.79 Å². The highest BCUT2D eigenvalue weighted by atomic mass is 16.3. The third-order valence-corrected chi connectivity index (χ3v) is 5.14. The summed E-state index contributed by atoms with van der Waals surface area (Å²) in [7, 11) is 0. The van der Waals surface area contributed by atoms with Crippen LogP contribution < -0.4 is 5.32 Å². The van der Waals surface area contributed by atoms with Gasteiger partial charge in [0.1, 0.15) is 0 Å². The molecule has 1 saturated carbocycles. The number of aliphatic hydroxyl groups excluding tert-OH is 1. The van der Waals surface area contributed by atoms with Gasteiger partial charge in [0.15, 0.2) is 0 Å².